The third-order valence-electron chi connectivity index (χ3n) is 3.73. The molecule has 0 aromatic heterocycles. The maximum atomic E-state index is 12.5. The molecule has 0 radical (unpaired) electrons. The number of fused-ring (bicyclic) bond motifs is 1. The predicted octanol–water partition coefficient (Wildman–Crippen LogP) is 4.71. The first-order valence-corrected chi connectivity index (χ1v) is 7.01. The van der Waals surface area contributed by atoms with E-state index >= 15 is 0 Å². The zero-order valence-corrected chi connectivity index (χ0v) is 12.2. The van der Waals surface area contributed by atoms with Gasteiger partial charge in [-0.15, -0.1) is 0 Å². The molecular weight excluding hydrogens is 258 g/mol. The number of carbonyl (C=O) groups is 1. The predicted molar refractivity (Wildman–Crippen MR) is 87.8 cm³/mol. The van der Waals surface area contributed by atoms with E-state index in [1.165, 1.54) is 0 Å². The first kappa shape index (κ1) is 13.4. The van der Waals surface area contributed by atoms with Crippen LogP contribution in [0.1, 0.15) is 21.5 Å². The Labute approximate surface area is 124 Å². The van der Waals surface area contributed by atoms with Crippen molar-refractivity contribution in [2.24, 2.45) is 0 Å². The molecule has 0 aliphatic rings. The van der Waals surface area contributed by atoms with Gasteiger partial charge in [-0.1, -0.05) is 48.5 Å². The minimum atomic E-state index is -0.0712. The number of aryl methyl sites for hydroxylation is 2. The fraction of sp³-hybridized carbons (Fsp3) is 0.105. The largest absolute Gasteiger partial charge is 0.322 e. The van der Waals surface area contributed by atoms with Crippen LogP contribution < -0.4 is 5.32 Å². The standard InChI is InChI=1S/C19H17NO/c1-13-6-5-7-14(2)18(13)20-19(21)17-11-10-15-8-3-4-9-16(15)12-17/h3-12H,1-2H3,(H,20,21). The molecule has 0 bridgehead atoms. The van der Waals surface area contributed by atoms with Gasteiger partial charge in [-0.25, -0.2) is 0 Å². The summed E-state index contributed by atoms with van der Waals surface area (Å²) < 4.78 is 0. The summed E-state index contributed by atoms with van der Waals surface area (Å²) in [5.41, 5.74) is 3.72. The molecule has 21 heavy (non-hydrogen) atoms. The van der Waals surface area contributed by atoms with Crippen molar-refractivity contribution in [1.29, 1.82) is 0 Å². The summed E-state index contributed by atoms with van der Waals surface area (Å²) in [4.78, 5) is 12.5. The first-order chi connectivity index (χ1) is 10.1. The Hall–Kier alpha value is -2.61. The van der Waals surface area contributed by atoms with Crippen molar-refractivity contribution >= 4 is 22.4 Å². The molecule has 104 valence electrons. The zero-order chi connectivity index (χ0) is 14.8. The number of rotatable bonds is 2. The van der Waals surface area contributed by atoms with Crippen LogP contribution in [0.5, 0.6) is 0 Å². The Balaban J connectivity index is 1.94. The molecule has 0 saturated carbocycles. The molecule has 0 spiro atoms. The Kier molecular flexibility index (Phi) is 3.44. The zero-order valence-electron chi connectivity index (χ0n) is 12.2. The summed E-state index contributed by atoms with van der Waals surface area (Å²) in [6.07, 6.45) is 0. The number of hydrogen-bond donors (Lipinski definition) is 1. The fourth-order valence-electron chi connectivity index (χ4n) is 2.53. The van der Waals surface area contributed by atoms with Crippen LogP contribution in [0, 0.1) is 13.8 Å². The Bertz CT molecular complexity index is 800. The highest BCUT2D eigenvalue weighted by molar-refractivity contribution is 6.07. The summed E-state index contributed by atoms with van der Waals surface area (Å²) in [6.45, 7) is 4.01. The normalized spacial score (nSPS) is 10.6. The molecule has 0 aliphatic carbocycles. The Morgan fingerprint density at radius 3 is 2.19 bits per heavy atom. The number of benzene rings is 3. The summed E-state index contributed by atoms with van der Waals surface area (Å²) in [5.74, 6) is -0.0712. The van der Waals surface area contributed by atoms with Crippen LogP contribution in [0.3, 0.4) is 0 Å². The summed E-state index contributed by atoms with van der Waals surface area (Å²) in [6, 6.07) is 19.8. The van der Waals surface area contributed by atoms with Crippen molar-refractivity contribution in [1.82, 2.24) is 0 Å². The molecule has 0 heterocycles. The maximum Gasteiger partial charge on any atom is 0.255 e. The average Bonchev–Trinajstić information content (AvgIpc) is 2.50. The number of hydrogen-bond acceptors (Lipinski definition) is 1. The molecule has 3 aromatic rings. The van der Waals surface area contributed by atoms with Crippen LogP contribution in [0.25, 0.3) is 10.8 Å². The number of carbonyl (C=O) groups excluding carboxylic acids is 1. The van der Waals surface area contributed by atoms with Gasteiger partial charge in [0.15, 0.2) is 0 Å². The van der Waals surface area contributed by atoms with Gasteiger partial charge in [-0.2, -0.15) is 0 Å². The lowest BCUT2D eigenvalue weighted by Gasteiger charge is -2.11. The lowest BCUT2D eigenvalue weighted by Crippen LogP contribution is -2.13. The summed E-state index contributed by atoms with van der Waals surface area (Å²) in [7, 11) is 0. The highest BCUT2D eigenvalue weighted by Gasteiger charge is 2.09. The van der Waals surface area contributed by atoms with Crippen LogP contribution in [0.2, 0.25) is 0 Å². The lowest BCUT2D eigenvalue weighted by molar-refractivity contribution is 0.102. The van der Waals surface area contributed by atoms with Crippen LogP contribution in [0.4, 0.5) is 5.69 Å². The highest BCUT2D eigenvalue weighted by atomic mass is 16.1. The van der Waals surface area contributed by atoms with Gasteiger partial charge >= 0.3 is 0 Å². The molecule has 1 amide bonds. The monoisotopic (exact) mass is 275 g/mol. The minimum absolute atomic E-state index is 0.0712. The Morgan fingerprint density at radius 2 is 1.48 bits per heavy atom. The lowest BCUT2D eigenvalue weighted by atomic mass is 10.1. The smallest absolute Gasteiger partial charge is 0.255 e. The third-order valence-corrected chi connectivity index (χ3v) is 3.73. The van der Waals surface area contributed by atoms with Gasteiger partial charge in [0.05, 0.1) is 0 Å². The van der Waals surface area contributed by atoms with E-state index in [0.29, 0.717) is 5.56 Å². The van der Waals surface area contributed by atoms with E-state index in [1.54, 1.807) is 0 Å². The van der Waals surface area contributed by atoms with Gasteiger partial charge in [0, 0.05) is 11.3 Å². The topological polar surface area (TPSA) is 29.1 Å². The van der Waals surface area contributed by atoms with Crippen LogP contribution >= 0.6 is 0 Å². The number of anilines is 1. The van der Waals surface area contributed by atoms with E-state index in [0.717, 1.165) is 27.6 Å². The second kappa shape index (κ2) is 5.41. The van der Waals surface area contributed by atoms with Crippen molar-refractivity contribution < 1.29 is 4.79 Å². The van der Waals surface area contributed by atoms with E-state index in [9.17, 15) is 4.79 Å². The van der Waals surface area contributed by atoms with Crippen LogP contribution in [-0.2, 0) is 0 Å². The van der Waals surface area contributed by atoms with Gasteiger partial charge in [-0.3, -0.25) is 4.79 Å². The van der Waals surface area contributed by atoms with Gasteiger partial charge < -0.3 is 5.32 Å². The number of nitrogens with one attached hydrogen (secondary N) is 1. The van der Waals surface area contributed by atoms with Crippen molar-refractivity contribution in [3.8, 4) is 0 Å². The molecule has 1 N–H and O–H groups in total. The van der Waals surface area contributed by atoms with E-state index in [2.05, 4.69) is 5.32 Å². The quantitative estimate of drug-likeness (QED) is 0.721. The Morgan fingerprint density at radius 1 is 0.810 bits per heavy atom. The third kappa shape index (κ3) is 2.65. The van der Waals surface area contributed by atoms with Crippen molar-refractivity contribution in [3.63, 3.8) is 0 Å². The average molecular weight is 275 g/mol. The van der Waals surface area contributed by atoms with E-state index in [4.69, 9.17) is 0 Å². The van der Waals surface area contributed by atoms with Crippen LogP contribution in [-0.4, -0.2) is 5.91 Å². The van der Waals surface area contributed by atoms with Crippen LogP contribution in [0.15, 0.2) is 60.7 Å². The van der Waals surface area contributed by atoms with E-state index in [-0.39, 0.29) is 5.91 Å². The second-order valence-electron chi connectivity index (χ2n) is 5.28. The van der Waals surface area contributed by atoms with Gasteiger partial charge in [0.1, 0.15) is 0 Å². The van der Waals surface area contributed by atoms with Crippen molar-refractivity contribution in [3.05, 3.63) is 77.4 Å². The summed E-state index contributed by atoms with van der Waals surface area (Å²) in [5, 5.41) is 5.24. The molecular formula is C19H17NO. The highest BCUT2D eigenvalue weighted by Crippen LogP contribution is 2.21. The number of amides is 1. The van der Waals surface area contributed by atoms with Gasteiger partial charge in [-0.05, 0) is 47.9 Å². The molecule has 2 heteroatoms. The molecule has 0 fully saturated rings. The molecule has 2 nitrogen and oxygen atoms in total. The van der Waals surface area contributed by atoms with Gasteiger partial charge in [0.2, 0.25) is 0 Å². The van der Waals surface area contributed by atoms with Gasteiger partial charge in [0.25, 0.3) is 5.91 Å². The molecule has 3 rings (SSSR count). The van der Waals surface area contributed by atoms with Crippen molar-refractivity contribution in [2.75, 3.05) is 5.32 Å². The number of para-hydroxylation sites is 1. The second-order valence-corrected chi connectivity index (χ2v) is 5.28. The molecule has 0 atom stereocenters. The van der Waals surface area contributed by atoms with E-state index in [1.807, 2.05) is 74.5 Å². The minimum Gasteiger partial charge on any atom is -0.322 e. The summed E-state index contributed by atoms with van der Waals surface area (Å²) >= 11 is 0. The molecule has 0 saturated heterocycles. The molecule has 3 aromatic carbocycles. The van der Waals surface area contributed by atoms with Crippen molar-refractivity contribution in [2.45, 2.75) is 13.8 Å². The first-order valence-electron chi connectivity index (χ1n) is 7.01. The maximum absolute atomic E-state index is 12.5. The SMILES string of the molecule is Cc1cccc(C)c1NC(=O)c1ccc2ccccc2c1. The van der Waals surface area contributed by atoms with E-state index < -0.39 is 0 Å². The molecule has 0 unspecified atom stereocenters. The molecule has 0 aliphatic heterocycles. The fourth-order valence-corrected chi connectivity index (χ4v) is 2.53.